The van der Waals surface area contributed by atoms with Crippen molar-refractivity contribution in [2.24, 2.45) is 0 Å². The lowest BCUT2D eigenvalue weighted by Gasteiger charge is -2.24. The van der Waals surface area contributed by atoms with Crippen LogP contribution in [0.5, 0.6) is 0 Å². The van der Waals surface area contributed by atoms with Crippen LogP contribution in [0.1, 0.15) is 35.1 Å². The molecule has 0 aliphatic carbocycles. The minimum Gasteiger partial charge on any atom is -0.334 e. The quantitative estimate of drug-likeness (QED) is 0.209. The van der Waals surface area contributed by atoms with Gasteiger partial charge < -0.3 is 20.9 Å². The largest absolute Gasteiger partial charge is 0.334 e. The van der Waals surface area contributed by atoms with E-state index in [-0.39, 0.29) is 17.8 Å². The molecule has 0 saturated carbocycles. The summed E-state index contributed by atoms with van der Waals surface area (Å²) in [7, 11) is 0. The maximum Gasteiger partial charge on any atom is 0.319 e. The molecule has 1 atom stereocenters. The number of urea groups is 1. The summed E-state index contributed by atoms with van der Waals surface area (Å²) in [5.41, 5.74) is 5.36. The third-order valence-corrected chi connectivity index (χ3v) is 7.18. The third kappa shape index (κ3) is 7.95. The zero-order valence-electron chi connectivity index (χ0n) is 23.3. The highest BCUT2D eigenvalue weighted by molar-refractivity contribution is 5.98. The van der Waals surface area contributed by atoms with Gasteiger partial charge in [-0.2, -0.15) is 0 Å². The topological polar surface area (TPSA) is 90.5 Å². The summed E-state index contributed by atoms with van der Waals surface area (Å²) in [6, 6.07) is 33.9. The number of hydrogen-bond donors (Lipinski definition) is 3. The summed E-state index contributed by atoms with van der Waals surface area (Å²) in [6.07, 6.45) is 5.76. The molecule has 1 aliphatic heterocycles. The van der Waals surface area contributed by atoms with E-state index < -0.39 is 6.04 Å². The van der Waals surface area contributed by atoms with Gasteiger partial charge in [-0.05, 0) is 59.4 Å². The van der Waals surface area contributed by atoms with E-state index in [4.69, 9.17) is 0 Å². The highest BCUT2D eigenvalue weighted by Gasteiger charge is 2.33. The molecule has 0 bridgehead atoms. The van der Waals surface area contributed by atoms with Crippen molar-refractivity contribution in [3.05, 3.63) is 131 Å². The first-order chi connectivity index (χ1) is 20.5. The molecule has 7 heteroatoms. The first kappa shape index (κ1) is 28.4. The number of benzene rings is 4. The van der Waals surface area contributed by atoms with Crippen molar-refractivity contribution in [3.8, 4) is 0 Å². The average Bonchev–Trinajstić information content (AvgIpc) is 3.52. The van der Waals surface area contributed by atoms with Gasteiger partial charge in [-0.15, -0.1) is 0 Å². The molecule has 0 unspecified atom stereocenters. The van der Waals surface area contributed by atoms with Gasteiger partial charge in [0.05, 0.1) is 6.42 Å². The minimum absolute atomic E-state index is 0.0190. The maximum absolute atomic E-state index is 13.0. The van der Waals surface area contributed by atoms with Crippen LogP contribution >= 0.6 is 0 Å². The molecule has 3 N–H and O–H groups in total. The van der Waals surface area contributed by atoms with E-state index in [1.165, 1.54) is 0 Å². The molecule has 5 rings (SSSR count). The van der Waals surface area contributed by atoms with Gasteiger partial charge in [0.15, 0.2) is 0 Å². The summed E-state index contributed by atoms with van der Waals surface area (Å²) in [4.78, 5) is 39.8. The van der Waals surface area contributed by atoms with Crippen molar-refractivity contribution in [2.45, 2.75) is 31.8 Å². The number of likely N-dealkylation sites (tertiary alicyclic amines) is 1. The van der Waals surface area contributed by atoms with Crippen LogP contribution in [0, 0.1) is 0 Å². The second-order valence-corrected chi connectivity index (χ2v) is 10.3. The van der Waals surface area contributed by atoms with Gasteiger partial charge in [0.1, 0.15) is 6.04 Å². The number of carbonyl (C=O) groups excluding carboxylic acids is 3. The van der Waals surface area contributed by atoms with Crippen LogP contribution in [0.3, 0.4) is 0 Å². The minimum atomic E-state index is -0.451. The van der Waals surface area contributed by atoms with Crippen molar-refractivity contribution in [1.82, 2.24) is 10.2 Å². The van der Waals surface area contributed by atoms with Gasteiger partial charge in [0.2, 0.25) is 11.8 Å². The van der Waals surface area contributed by atoms with E-state index in [1.807, 2.05) is 121 Å². The van der Waals surface area contributed by atoms with E-state index in [2.05, 4.69) is 16.0 Å². The predicted molar refractivity (Wildman–Crippen MR) is 168 cm³/mol. The van der Waals surface area contributed by atoms with Crippen molar-refractivity contribution in [3.63, 3.8) is 0 Å². The molecule has 0 radical (unpaired) electrons. The van der Waals surface area contributed by atoms with Gasteiger partial charge in [-0.1, -0.05) is 97.1 Å². The lowest BCUT2D eigenvalue weighted by molar-refractivity contribution is -0.136. The van der Waals surface area contributed by atoms with Gasteiger partial charge >= 0.3 is 6.03 Å². The smallest absolute Gasteiger partial charge is 0.319 e. The lowest BCUT2D eigenvalue weighted by atomic mass is 10.1. The van der Waals surface area contributed by atoms with E-state index in [1.54, 1.807) is 4.90 Å². The summed E-state index contributed by atoms with van der Waals surface area (Å²) >= 11 is 0. The van der Waals surface area contributed by atoms with Crippen molar-refractivity contribution in [2.75, 3.05) is 17.2 Å². The summed E-state index contributed by atoms with van der Waals surface area (Å²) < 4.78 is 0. The first-order valence-corrected chi connectivity index (χ1v) is 14.1. The van der Waals surface area contributed by atoms with Crippen LogP contribution in [0.25, 0.3) is 12.2 Å². The van der Waals surface area contributed by atoms with Gasteiger partial charge in [0, 0.05) is 24.5 Å². The van der Waals surface area contributed by atoms with E-state index in [0.29, 0.717) is 37.3 Å². The van der Waals surface area contributed by atoms with Crippen molar-refractivity contribution < 1.29 is 14.4 Å². The number of carbonyl (C=O) groups is 3. The van der Waals surface area contributed by atoms with Gasteiger partial charge in [0.25, 0.3) is 0 Å². The highest BCUT2D eigenvalue weighted by Crippen LogP contribution is 2.21. The third-order valence-electron chi connectivity index (χ3n) is 7.18. The Morgan fingerprint density at radius 3 is 1.83 bits per heavy atom. The summed E-state index contributed by atoms with van der Waals surface area (Å²) in [5.74, 6) is -0.172. The molecule has 1 aliphatic rings. The number of rotatable bonds is 9. The van der Waals surface area contributed by atoms with E-state index in [9.17, 15) is 14.4 Å². The number of amides is 4. The monoisotopic (exact) mass is 558 g/mol. The molecule has 42 heavy (non-hydrogen) atoms. The Morgan fingerprint density at radius 2 is 1.24 bits per heavy atom. The number of nitrogens with zero attached hydrogens (tertiary/aromatic N) is 1. The molecule has 1 saturated heterocycles. The standard InChI is InChI=1S/C35H34N4O3/c40-33(24-28-8-3-1-4-9-28)39-23-7-12-32(39)34(41)37-30-19-15-26(16-20-30)13-14-27-17-21-31(22-18-27)38-35(42)36-25-29-10-5-2-6-11-29/h1-6,8-11,13-22,32H,7,12,23-25H2,(H,37,41)(H2,36,38,42)/t32-/m0/s1. The fraction of sp³-hybridized carbons (Fsp3) is 0.171. The number of hydrogen-bond acceptors (Lipinski definition) is 3. The molecule has 4 aromatic carbocycles. The zero-order valence-corrected chi connectivity index (χ0v) is 23.3. The number of anilines is 2. The molecule has 0 spiro atoms. The van der Waals surface area contributed by atoms with Crippen LogP contribution in [0.15, 0.2) is 109 Å². The molecule has 4 amide bonds. The van der Waals surface area contributed by atoms with Gasteiger partial charge in [-0.25, -0.2) is 4.79 Å². The molecular formula is C35H34N4O3. The highest BCUT2D eigenvalue weighted by atomic mass is 16.2. The SMILES string of the molecule is O=C(NCc1ccccc1)Nc1ccc(C=Cc2ccc(NC(=O)[C@@H]3CCCN3C(=O)Cc3ccccc3)cc2)cc1. The predicted octanol–water partition coefficient (Wildman–Crippen LogP) is 6.35. The fourth-order valence-corrected chi connectivity index (χ4v) is 4.94. The molecular weight excluding hydrogens is 524 g/mol. The van der Waals surface area contributed by atoms with Crippen molar-refractivity contribution >= 4 is 41.4 Å². The molecule has 1 heterocycles. The van der Waals surface area contributed by atoms with E-state index in [0.717, 1.165) is 28.7 Å². The lowest BCUT2D eigenvalue weighted by Crippen LogP contribution is -2.43. The van der Waals surface area contributed by atoms with Crippen molar-refractivity contribution in [1.29, 1.82) is 0 Å². The molecule has 0 aromatic heterocycles. The summed E-state index contributed by atoms with van der Waals surface area (Å²) in [6.45, 7) is 1.06. The number of nitrogens with one attached hydrogen (secondary N) is 3. The maximum atomic E-state index is 13.0. The van der Waals surface area contributed by atoms with Crippen LogP contribution in [-0.2, 0) is 22.6 Å². The molecule has 4 aromatic rings. The Hall–Kier alpha value is -5.17. The normalized spacial score (nSPS) is 14.5. The Balaban J connectivity index is 1.09. The Labute approximate surface area is 246 Å². The van der Waals surface area contributed by atoms with Crippen LogP contribution in [0.4, 0.5) is 16.2 Å². The summed E-state index contributed by atoms with van der Waals surface area (Å²) in [5, 5.41) is 8.67. The fourth-order valence-electron chi connectivity index (χ4n) is 4.94. The second-order valence-electron chi connectivity index (χ2n) is 10.3. The Morgan fingerprint density at radius 1 is 0.690 bits per heavy atom. The van der Waals surface area contributed by atoms with Crippen LogP contribution in [-0.4, -0.2) is 35.3 Å². The van der Waals surface area contributed by atoms with E-state index >= 15 is 0 Å². The Kier molecular flexibility index (Phi) is 9.42. The zero-order chi connectivity index (χ0) is 29.1. The van der Waals surface area contributed by atoms with Crippen LogP contribution < -0.4 is 16.0 Å². The second kappa shape index (κ2) is 13.9. The average molecular weight is 559 g/mol. The molecule has 212 valence electrons. The first-order valence-electron chi connectivity index (χ1n) is 14.1. The molecule has 7 nitrogen and oxygen atoms in total. The van der Waals surface area contributed by atoms with Crippen LogP contribution in [0.2, 0.25) is 0 Å². The van der Waals surface area contributed by atoms with Gasteiger partial charge in [-0.3, -0.25) is 9.59 Å². The molecule has 1 fully saturated rings. The Bertz CT molecular complexity index is 1520.